The Bertz CT molecular complexity index is 1250. The first-order valence-electron chi connectivity index (χ1n) is 9.63. The van der Waals surface area contributed by atoms with E-state index in [4.69, 9.17) is 21.1 Å². The lowest BCUT2D eigenvalue weighted by Gasteiger charge is -2.20. The van der Waals surface area contributed by atoms with Crippen molar-refractivity contribution in [3.8, 4) is 11.5 Å². The van der Waals surface area contributed by atoms with Gasteiger partial charge in [0.25, 0.3) is 10.0 Å². The summed E-state index contributed by atoms with van der Waals surface area (Å²) in [5.41, 5.74) is 0.985. The van der Waals surface area contributed by atoms with E-state index in [-0.39, 0.29) is 21.2 Å². The van der Waals surface area contributed by atoms with Gasteiger partial charge in [-0.1, -0.05) is 17.7 Å². The Morgan fingerprint density at radius 3 is 2.38 bits per heavy atom. The maximum absolute atomic E-state index is 13.2. The molecule has 0 aromatic heterocycles. The highest BCUT2D eigenvalue weighted by Gasteiger charge is 2.24. The van der Waals surface area contributed by atoms with Crippen LogP contribution in [0, 0.1) is 12.7 Å². The van der Waals surface area contributed by atoms with Crippen molar-refractivity contribution in [1.82, 2.24) is 0 Å². The van der Waals surface area contributed by atoms with Crippen LogP contribution in [0.5, 0.6) is 11.5 Å². The standard InChI is InChI=1S/C23H21ClFNO5S/c1-4-30-18-9-7-17(8-10-18)26(3)32(28,29)19-11-5-15(2)20(14-19)23(27)31-22-12-6-16(25)13-21(22)24/h5-14H,4H2,1-3H3. The lowest BCUT2D eigenvalue weighted by atomic mass is 10.1. The summed E-state index contributed by atoms with van der Waals surface area (Å²) < 4.78 is 51.3. The molecule has 3 aromatic carbocycles. The molecule has 9 heteroatoms. The minimum Gasteiger partial charge on any atom is -0.494 e. The van der Waals surface area contributed by atoms with Crippen molar-refractivity contribution in [2.24, 2.45) is 0 Å². The molecule has 0 amide bonds. The lowest BCUT2D eigenvalue weighted by Crippen LogP contribution is -2.27. The van der Waals surface area contributed by atoms with E-state index in [2.05, 4.69) is 0 Å². The summed E-state index contributed by atoms with van der Waals surface area (Å²) >= 11 is 5.92. The van der Waals surface area contributed by atoms with Crippen LogP contribution in [0.3, 0.4) is 0 Å². The Balaban J connectivity index is 1.89. The fourth-order valence-corrected chi connectivity index (χ4v) is 4.34. The number of aryl methyl sites for hydroxylation is 1. The van der Waals surface area contributed by atoms with Crippen LogP contribution in [0.1, 0.15) is 22.8 Å². The number of esters is 1. The van der Waals surface area contributed by atoms with Crippen molar-refractivity contribution in [2.45, 2.75) is 18.7 Å². The van der Waals surface area contributed by atoms with Crippen LogP contribution < -0.4 is 13.8 Å². The maximum atomic E-state index is 13.2. The van der Waals surface area contributed by atoms with Gasteiger partial charge in [-0.2, -0.15) is 0 Å². The molecule has 3 rings (SSSR count). The Morgan fingerprint density at radius 1 is 1.06 bits per heavy atom. The number of rotatable bonds is 7. The van der Waals surface area contributed by atoms with Crippen LogP contribution in [0.15, 0.2) is 65.6 Å². The van der Waals surface area contributed by atoms with E-state index in [1.54, 1.807) is 31.2 Å². The fourth-order valence-electron chi connectivity index (χ4n) is 2.91. The number of halogens is 2. The van der Waals surface area contributed by atoms with Gasteiger partial charge in [0.2, 0.25) is 0 Å². The van der Waals surface area contributed by atoms with Crippen LogP contribution in [0.2, 0.25) is 5.02 Å². The molecule has 0 heterocycles. The molecule has 0 unspecified atom stereocenters. The Labute approximate surface area is 191 Å². The molecule has 0 aliphatic heterocycles. The van der Waals surface area contributed by atoms with Crippen LogP contribution >= 0.6 is 11.6 Å². The normalized spacial score (nSPS) is 11.2. The van der Waals surface area contributed by atoms with Gasteiger partial charge < -0.3 is 9.47 Å². The summed E-state index contributed by atoms with van der Waals surface area (Å²) in [6, 6.07) is 14.1. The van der Waals surface area contributed by atoms with Gasteiger partial charge in [-0.15, -0.1) is 0 Å². The molecule has 0 saturated carbocycles. The van der Waals surface area contributed by atoms with Crippen molar-refractivity contribution in [1.29, 1.82) is 0 Å². The molecule has 0 saturated heterocycles. The molecule has 6 nitrogen and oxygen atoms in total. The van der Waals surface area contributed by atoms with Gasteiger partial charge >= 0.3 is 5.97 Å². The first-order valence-corrected chi connectivity index (χ1v) is 11.4. The second-order valence-corrected chi connectivity index (χ2v) is 9.22. The Kier molecular flexibility index (Phi) is 7.06. The molecule has 0 atom stereocenters. The highest BCUT2D eigenvalue weighted by atomic mass is 35.5. The van der Waals surface area contributed by atoms with Crippen molar-refractivity contribution >= 4 is 33.3 Å². The molecule has 0 radical (unpaired) electrons. The number of hydrogen-bond donors (Lipinski definition) is 0. The quantitative estimate of drug-likeness (QED) is 0.344. The minimum absolute atomic E-state index is 0.0303. The zero-order valence-corrected chi connectivity index (χ0v) is 19.2. The van der Waals surface area contributed by atoms with Crippen molar-refractivity contribution in [3.63, 3.8) is 0 Å². The average Bonchev–Trinajstić information content (AvgIpc) is 2.76. The van der Waals surface area contributed by atoms with Crippen LogP contribution in [0.4, 0.5) is 10.1 Å². The van der Waals surface area contributed by atoms with E-state index >= 15 is 0 Å². The van der Waals surface area contributed by atoms with Crippen molar-refractivity contribution in [3.05, 3.63) is 82.6 Å². The fraction of sp³-hybridized carbons (Fsp3) is 0.174. The SMILES string of the molecule is CCOc1ccc(N(C)S(=O)(=O)c2ccc(C)c(C(=O)Oc3ccc(F)cc3Cl)c2)cc1. The summed E-state index contributed by atoms with van der Waals surface area (Å²) in [4.78, 5) is 12.6. The number of sulfonamides is 1. The monoisotopic (exact) mass is 477 g/mol. The van der Waals surface area contributed by atoms with Crippen molar-refractivity contribution < 1.29 is 27.1 Å². The third-order valence-electron chi connectivity index (χ3n) is 4.70. The topological polar surface area (TPSA) is 72.9 Å². The third-order valence-corrected chi connectivity index (χ3v) is 6.77. The number of carbonyl (C=O) groups is 1. The maximum Gasteiger partial charge on any atom is 0.343 e. The molecule has 0 aliphatic carbocycles. The second-order valence-electron chi connectivity index (χ2n) is 6.84. The molecule has 0 aliphatic rings. The van der Waals surface area contributed by atoms with Crippen LogP contribution in [-0.2, 0) is 10.0 Å². The van der Waals surface area contributed by atoms with E-state index in [9.17, 15) is 17.6 Å². The molecule has 3 aromatic rings. The van der Waals surface area contributed by atoms with E-state index in [1.807, 2.05) is 6.92 Å². The lowest BCUT2D eigenvalue weighted by molar-refractivity contribution is 0.0733. The van der Waals surface area contributed by atoms with Gasteiger partial charge in [0.05, 0.1) is 27.8 Å². The van der Waals surface area contributed by atoms with Gasteiger partial charge in [0.1, 0.15) is 17.3 Å². The highest BCUT2D eigenvalue weighted by molar-refractivity contribution is 7.92. The predicted octanol–water partition coefficient (Wildman–Crippen LogP) is 5.23. The smallest absolute Gasteiger partial charge is 0.343 e. The number of anilines is 1. The molecule has 0 bridgehead atoms. The predicted molar refractivity (Wildman–Crippen MR) is 121 cm³/mol. The molecule has 168 valence electrons. The van der Waals surface area contributed by atoms with Gasteiger partial charge in [-0.3, -0.25) is 4.31 Å². The van der Waals surface area contributed by atoms with Gasteiger partial charge in [0, 0.05) is 7.05 Å². The molecule has 32 heavy (non-hydrogen) atoms. The first kappa shape index (κ1) is 23.6. The molecule has 0 N–H and O–H groups in total. The van der Waals surface area contributed by atoms with Gasteiger partial charge in [-0.25, -0.2) is 17.6 Å². The van der Waals surface area contributed by atoms with Crippen molar-refractivity contribution in [2.75, 3.05) is 18.0 Å². The summed E-state index contributed by atoms with van der Waals surface area (Å²) in [5.74, 6) is -0.785. The van der Waals surface area contributed by atoms with Gasteiger partial charge in [-0.05, 0) is 74.0 Å². The Hall–Kier alpha value is -3.10. The number of benzene rings is 3. The number of ether oxygens (including phenoxy) is 2. The average molecular weight is 478 g/mol. The first-order chi connectivity index (χ1) is 15.1. The largest absolute Gasteiger partial charge is 0.494 e. The summed E-state index contributed by atoms with van der Waals surface area (Å²) in [5, 5.41) is -0.0741. The molecular formula is C23H21ClFNO5S. The summed E-state index contributed by atoms with van der Waals surface area (Å²) in [6.07, 6.45) is 0. The molecular weight excluding hydrogens is 457 g/mol. The molecule has 0 fully saturated rings. The Morgan fingerprint density at radius 2 is 1.75 bits per heavy atom. The third kappa shape index (κ3) is 5.03. The van der Waals surface area contributed by atoms with E-state index in [0.717, 1.165) is 16.4 Å². The van der Waals surface area contributed by atoms with E-state index in [1.165, 1.54) is 31.3 Å². The summed E-state index contributed by atoms with van der Waals surface area (Å²) in [6.45, 7) is 4.00. The van der Waals surface area contributed by atoms with Gasteiger partial charge in [0.15, 0.2) is 0 Å². The summed E-state index contributed by atoms with van der Waals surface area (Å²) in [7, 11) is -2.55. The minimum atomic E-state index is -3.97. The van der Waals surface area contributed by atoms with Crippen LogP contribution in [0.25, 0.3) is 0 Å². The van der Waals surface area contributed by atoms with Crippen LogP contribution in [-0.4, -0.2) is 28.0 Å². The number of hydrogen-bond acceptors (Lipinski definition) is 5. The zero-order valence-electron chi connectivity index (χ0n) is 17.6. The second kappa shape index (κ2) is 9.58. The molecule has 0 spiro atoms. The highest BCUT2D eigenvalue weighted by Crippen LogP contribution is 2.28. The number of carbonyl (C=O) groups excluding carboxylic acids is 1. The van der Waals surface area contributed by atoms with E-state index < -0.39 is 21.8 Å². The zero-order chi connectivity index (χ0) is 23.5. The number of nitrogens with zero attached hydrogens (tertiary/aromatic N) is 1. The van der Waals surface area contributed by atoms with E-state index in [0.29, 0.717) is 23.6 Å².